The molecule has 2 aromatic carbocycles. The van der Waals surface area contributed by atoms with Crippen molar-refractivity contribution < 1.29 is 18.8 Å². The first-order valence-corrected chi connectivity index (χ1v) is 6.25. The molecule has 21 heavy (non-hydrogen) atoms. The maximum atomic E-state index is 13.1. The summed E-state index contributed by atoms with van der Waals surface area (Å²) >= 11 is 0. The first-order chi connectivity index (χ1) is 10.0. The summed E-state index contributed by atoms with van der Waals surface area (Å²) in [5.41, 5.74) is 0.586. The number of halogens is 1. The van der Waals surface area contributed by atoms with Crippen LogP contribution in [-0.2, 0) is 6.42 Å². The molecule has 0 aliphatic heterocycles. The van der Waals surface area contributed by atoms with E-state index in [2.05, 4.69) is 0 Å². The van der Waals surface area contributed by atoms with Gasteiger partial charge in [0.05, 0.1) is 10.5 Å². The molecule has 0 heterocycles. The van der Waals surface area contributed by atoms with Crippen molar-refractivity contribution in [2.24, 2.45) is 0 Å². The zero-order chi connectivity index (χ0) is 15.4. The van der Waals surface area contributed by atoms with Crippen molar-refractivity contribution in [2.45, 2.75) is 13.3 Å². The van der Waals surface area contributed by atoms with Crippen LogP contribution in [0, 0.1) is 15.9 Å². The van der Waals surface area contributed by atoms with Crippen molar-refractivity contribution in [3.8, 4) is 11.5 Å². The summed E-state index contributed by atoms with van der Waals surface area (Å²) in [6.07, 6.45) is 1.09. The molecule has 0 fully saturated rings. The minimum Gasteiger partial charge on any atom is -0.449 e. The Balaban J connectivity index is 2.44. The van der Waals surface area contributed by atoms with Crippen LogP contribution in [0.5, 0.6) is 11.5 Å². The molecule has 0 bridgehead atoms. The molecule has 0 aromatic heterocycles. The number of hydrogen-bond donors (Lipinski definition) is 0. The van der Waals surface area contributed by atoms with Gasteiger partial charge in [0.1, 0.15) is 11.6 Å². The standard InChI is InChI=1S/C15H12FNO4/c1-2-10-3-5-15(13(7-10)17(19)20)21-14-6-4-12(16)8-11(14)9-18/h3-9H,2H2,1H3. The van der Waals surface area contributed by atoms with Crippen LogP contribution in [0.25, 0.3) is 0 Å². The van der Waals surface area contributed by atoms with Gasteiger partial charge in [0.2, 0.25) is 5.75 Å². The normalized spacial score (nSPS) is 10.2. The lowest BCUT2D eigenvalue weighted by molar-refractivity contribution is -0.385. The largest absolute Gasteiger partial charge is 0.449 e. The van der Waals surface area contributed by atoms with Gasteiger partial charge in [-0.1, -0.05) is 13.0 Å². The molecule has 5 nitrogen and oxygen atoms in total. The molecule has 0 unspecified atom stereocenters. The van der Waals surface area contributed by atoms with Gasteiger partial charge >= 0.3 is 5.69 Å². The smallest absolute Gasteiger partial charge is 0.311 e. The monoisotopic (exact) mass is 289 g/mol. The number of rotatable bonds is 5. The zero-order valence-electron chi connectivity index (χ0n) is 11.2. The Labute approximate surface area is 120 Å². The predicted molar refractivity (Wildman–Crippen MR) is 74.3 cm³/mol. The lowest BCUT2D eigenvalue weighted by atomic mass is 10.1. The Morgan fingerprint density at radius 1 is 1.24 bits per heavy atom. The number of ether oxygens (including phenoxy) is 1. The van der Waals surface area contributed by atoms with Crippen molar-refractivity contribution in [2.75, 3.05) is 0 Å². The van der Waals surface area contributed by atoms with Gasteiger partial charge < -0.3 is 4.74 Å². The van der Waals surface area contributed by atoms with E-state index in [1.54, 1.807) is 6.07 Å². The number of nitro groups is 1. The molecule has 6 heteroatoms. The fourth-order valence-electron chi connectivity index (χ4n) is 1.83. The maximum Gasteiger partial charge on any atom is 0.311 e. The van der Waals surface area contributed by atoms with Gasteiger partial charge in [0, 0.05) is 6.07 Å². The van der Waals surface area contributed by atoms with Gasteiger partial charge in [0.25, 0.3) is 0 Å². The van der Waals surface area contributed by atoms with Crippen LogP contribution >= 0.6 is 0 Å². The lowest BCUT2D eigenvalue weighted by Gasteiger charge is -2.09. The zero-order valence-corrected chi connectivity index (χ0v) is 11.2. The second kappa shape index (κ2) is 6.13. The van der Waals surface area contributed by atoms with Crippen LogP contribution in [0.3, 0.4) is 0 Å². The highest BCUT2D eigenvalue weighted by Crippen LogP contribution is 2.33. The fourth-order valence-corrected chi connectivity index (χ4v) is 1.83. The van der Waals surface area contributed by atoms with Crippen LogP contribution < -0.4 is 4.74 Å². The molecule has 0 N–H and O–H groups in total. The highest BCUT2D eigenvalue weighted by Gasteiger charge is 2.17. The quantitative estimate of drug-likeness (QED) is 0.475. The summed E-state index contributed by atoms with van der Waals surface area (Å²) in [6, 6.07) is 7.97. The van der Waals surface area contributed by atoms with Gasteiger partial charge in [-0.25, -0.2) is 4.39 Å². The molecule has 2 aromatic rings. The van der Waals surface area contributed by atoms with E-state index in [0.717, 1.165) is 17.7 Å². The van der Waals surface area contributed by atoms with Crippen molar-refractivity contribution in [1.29, 1.82) is 0 Å². The van der Waals surface area contributed by atoms with E-state index in [0.29, 0.717) is 12.7 Å². The summed E-state index contributed by atoms with van der Waals surface area (Å²) in [5.74, 6) is -0.508. The number of carbonyl (C=O) groups is 1. The van der Waals surface area contributed by atoms with Crippen LogP contribution in [-0.4, -0.2) is 11.2 Å². The van der Waals surface area contributed by atoms with E-state index in [4.69, 9.17) is 4.74 Å². The highest BCUT2D eigenvalue weighted by molar-refractivity contribution is 5.79. The SMILES string of the molecule is CCc1ccc(Oc2ccc(F)cc2C=O)c([N+](=O)[O-])c1. The third-order valence-electron chi connectivity index (χ3n) is 2.95. The molecule has 0 spiro atoms. The van der Waals surface area contributed by atoms with E-state index in [-0.39, 0.29) is 22.7 Å². The highest BCUT2D eigenvalue weighted by atomic mass is 19.1. The van der Waals surface area contributed by atoms with Crippen LogP contribution in [0.4, 0.5) is 10.1 Å². The Kier molecular flexibility index (Phi) is 4.27. The topological polar surface area (TPSA) is 69.4 Å². The molecule has 0 aliphatic carbocycles. The van der Waals surface area contributed by atoms with E-state index >= 15 is 0 Å². The van der Waals surface area contributed by atoms with Crippen molar-refractivity contribution in [3.05, 3.63) is 63.5 Å². The van der Waals surface area contributed by atoms with Gasteiger partial charge in [-0.2, -0.15) is 0 Å². The number of aryl methyl sites for hydroxylation is 1. The van der Waals surface area contributed by atoms with Gasteiger partial charge in [0.15, 0.2) is 6.29 Å². The number of carbonyl (C=O) groups excluding carboxylic acids is 1. The second-order valence-corrected chi connectivity index (χ2v) is 4.31. The Morgan fingerprint density at radius 2 is 1.95 bits per heavy atom. The van der Waals surface area contributed by atoms with Gasteiger partial charge in [-0.3, -0.25) is 14.9 Å². The molecule has 0 aliphatic rings. The molecule has 0 saturated heterocycles. The third kappa shape index (κ3) is 3.22. The third-order valence-corrected chi connectivity index (χ3v) is 2.95. The summed E-state index contributed by atoms with van der Waals surface area (Å²) in [6.45, 7) is 1.88. The predicted octanol–water partition coefficient (Wildman–Crippen LogP) is 3.90. The fraction of sp³-hybridized carbons (Fsp3) is 0.133. The molecule has 0 radical (unpaired) electrons. The average Bonchev–Trinajstić information content (AvgIpc) is 2.49. The summed E-state index contributed by atoms with van der Waals surface area (Å²) in [7, 11) is 0. The van der Waals surface area contributed by atoms with Gasteiger partial charge in [-0.15, -0.1) is 0 Å². The van der Waals surface area contributed by atoms with E-state index in [1.807, 2.05) is 6.92 Å². The second-order valence-electron chi connectivity index (χ2n) is 4.31. The maximum absolute atomic E-state index is 13.1. The summed E-state index contributed by atoms with van der Waals surface area (Å²) in [4.78, 5) is 21.4. The molecular formula is C15H12FNO4. The number of nitrogens with zero attached hydrogens (tertiary/aromatic N) is 1. The number of aldehydes is 1. The summed E-state index contributed by atoms with van der Waals surface area (Å²) < 4.78 is 18.5. The molecule has 0 amide bonds. The Hall–Kier alpha value is -2.76. The number of hydrogen-bond acceptors (Lipinski definition) is 4. The van der Waals surface area contributed by atoms with Crippen LogP contribution in [0.15, 0.2) is 36.4 Å². The number of benzene rings is 2. The molecular weight excluding hydrogens is 277 g/mol. The van der Waals surface area contributed by atoms with Crippen LogP contribution in [0.1, 0.15) is 22.8 Å². The van der Waals surface area contributed by atoms with Crippen molar-refractivity contribution in [1.82, 2.24) is 0 Å². The molecule has 0 saturated carbocycles. The van der Waals surface area contributed by atoms with Crippen molar-refractivity contribution in [3.63, 3.8) is 0 Å². The molecule has 2 rings (SSSR count). The minimum absolute atomic E-state index is 0.00640. The summed E-state index contributed by atoms with van der Waals surface area (Å²) in [5, 5.41) is 11.1. The molecule has 0 atom stereocenters. The first-order valence-electron chi connectivity index (χ1n) is 6.25. The number of nitro benzene ring substituents is 1. The van der Waals surface area contributed by atoms with Crippen LogP contribution in [0.2, 0.25) is 0 Å². The van der Waals surface area contributed by atoms with E-state index in [1.165, 1.54) is 18.2 Å². The average molecular weight is 289 g/mol. The van der Waals surface area contributed by atoms with Crippen molar-refractivity contribution >= 4 is 12.0 Å². The van der Waals surface area contributed by atoms with E-state index in [9.17, 15) is 19.3 Å². The minimum atomic E-state index is -0.583. The van der Waals surface area contributed by atoms with Gasteiger partial charge in [-0.05, 0) is 36.2 Å². The Bertz CT molecular complexity index is 700. The molecule has 108 valence electrons. The Morgan fingerprint density at radius 3 is 2.57 bits per heavy atom. The van der Waals surface area contributed by atoms with E-state index < -0.39 is 10.7 Å². The lowest BCUT2D eigenvalue weighted by Crippen LogP contribution is -1.97. The first kappa shape index (κ1) is 14.6.